The van der Waals surface area contributed by atoms with Crippen LogP contribution in [-0.4, -0.2) is 28.0 Å². The van der Waals surface area contributed by atoms with E-state index < -0.39 is 17.9 Å². The Hall–Kier alpha value is -1.91. The second-order valence-electron chi connectivity index (χ2n) is 3.22. The average molecular weight is 208 g/mol. The van der Waals surface area contributed by atoms with Crippen LogP contribution in [0.2, 0.25) is 0 Å². The summed E-state index contributed by atoms with van der Waals surface area (Å²) in [7, 11) is 0. The quantitative estimate of drug-likeness (QED) is 0.762. The number of pyridine rings is 1. The van der Waals surface area contributed by atoms with Crippen molar-refractivity contribution in [2.75, 3.05) is 0 Å². The maximum Gasteiger partial charge on any atom is 0.325 e. The number of carbonyl (C=O) groups excluding carboxylic acids is 1. The van der Waals surface area contributed by atoms with Gasteiger partial charge in [-0.15, -0.1) is 0 Å². The molecule has 0 aliphatic carbocycles. The predicted molar refractivity (Wildman–Crippen MR) is 53.5 cm³/mol. The van der Waals surface area contributed by atoms with Crippen molar-refractivity contribution in [1.82, 2.24) is 10.3 Å². The fraction of sp³-hybridized carbons (Fsp3) is 0.300. The molecule has 0 spiro atoms. The number of aromatic nitrogens is 1. The Labute approximate surface area is 87.1 Å². The highest BCUT2D eigenvalue weighted by Crippen LogP contribution is 2.04. The summed E-state index contributed by atoms with van der Waals surface area (Å²) >= 11 is 0. The first-order valence-corrected chi connectivity index (χ1v) is 4.46. The molecular formula is C10H12N2O3. The molecule has 15 heavy (non-hydrogen) atoms. The molecule has 1 rings (SSSR count). The molecule has 0 fully saturated rings. The van der Waals surface area contributed by atoms with Gasteiger partial charge in [0.25, 0.3) is 5.91 Å². The van der Waals surface area contributed by atoms with Crippen LogP contribution in [0, 0.1) is 6.92 Å². The van der Waals surface area contributed by atoms with Crippen molar-refractivity contribution in [2.24, 2.45) is 0 Å². The lowest BCUT2D eigenvalue weighted by molar-refractivity contribution is -0.138. The van der Waals surface area contributed by atoms with E-state index in [-0.39, 0.29) is 0 Å². The Kier molecular flexibility index (Phi) is 3.38. The maximum absolute atomic E-state index is 11.6. The van der Waals surface area contributed by atoms with Gasteiger partial charge in [0.1, 0.15) is 6.04 Å². The van der Waals surface area contributed by atoms with Gasteiger partial charge in [-0.25, -0.2) is 0 Å². The highest BCUT2D eigenvalue weighted by molar-refractivity contribution is 5.97. The molecule has 0 unspecified atom stereocenters. The van der Waals surface area contributed by atoms with Gasteiger partial charge in [-0.1, -0.05) is 0 Å². The summed E-state index contributed by atoms with van der Waals surface area (Å²) in [6.07, 6.45) is 2.99. The number of aliphatic carboxylic acids is 1. The third-order valence-electron chi connectivity index (χ3n) is 2.00. The zero-order chi connectivity index (χ0) is 11.4. The fourth-order valence-electron chi connectivity index (χ4n) is 1.04. The molecule has 2 N–H and O–H groups in total. The number of nitrogens with one attached hydrogen (secondary N) is 1. The number of carboxylic acid groups (broad SMARTS) is 1. The van der Waals surface area contributed by atoms with E-state index in [4.69, 9.17) is 5.11 Å². The Balaban J connectivity index is 2.78. The third-order valence-corrected chi connectivity index (χ3v) is 2.00. The van der Waals surface area contributed by atoms with Crippen LogP contribution in [0.25, 0.3) is 0 Å². The van der Waals surface area contributed by atoms with Gasteiger partial charge in [0.05, 0.1) is 5.56 Å². The van der Waals surface area contributed by atoms with Gasteiger partial charge < -0.3 is 10.4 Å². The highest BCUT2D eigenvalue weighted by atomic mass is 16.4. The lowest BCUT2D eigenvalue weighted by Gasteiger charge is -2.10. The Morgan fingerprint density at radius 3 is 2.73 bits per heavy atom. The topological polar surface area (TPSA) is 79.3 Å². The molecule has 1 aromatic heterocycles. The average Bonchev–Trinajstić information content (AvgIpc) is 2.18. The molecule has 1 heterocycles. The van der Waals surface area contributed by atoms with Crippen molar-refractivity contribution in [3.8, 4) is 0 Å². The van der Waals surface area contributed by atoms with E-state index in [1.54, 1.807) is 19.2 Å². The number of carboxylic acids is 1. The number of rotatable bonds is 3. The summed E-state index contributed by atoms with van der Waals surface area (Å²) in [6.45, 7) is 3.17. The smallest absolute Gasteiger partial charge is 0.325 e. The van der Waals surface area contributed by atoms with Crippen LogP contribution in [0.5, 0.6) is 0 Å². The zero-order valence-electron chi connectivity index (χ0n) is 8.52. The minimum atomic E-state index is -1.06. The molecule has 1 atom stereocenters. The maximum atomic E-state index is 11.6. The number of nitrogens with zero attached hydrogens (tertiary/aromatic N) is 1. The van der Waals surface area contributed by atoms with Crippen LogP contribution in [0.4, 0.5) is 0 Å². The van der Waals surface area contributed by atoms with Crippen LogP contribution in [0.15, 0.2) is 18.5 Å². The van der Waals surface area contributed by atoms with Crippen LogP contribution < -0.4 is 5.32 Å². The Bertz CT molecular complexity index is 390. The van der Waals surface area contributed by atoms with Gasteiger partial charge in [0.15, 0.2) is 0 Å². The summed E-state index contributed by atoms with van der Waals surface area (Å²) < 4.78 is 0. The van der Waals surface area contributed by atoms with Crippen LogP contribution in [0.3, 0.4) is 0 Å². The molecule has 0 aliphatic rings. The SMILES string of the molecule is Cc1ccncc1C(=O)N[C@H](C)C(=O)O. The molecule has 5 nitrogen and oxygen atoms in total. The first-order valence-electron chi connectivity index (χ1n) is 4.46. The summed E-state index contributed by atoms with van der Waals surface area (Å²) in [5.74, 6) is -1.49. The standard InChI is InChI=1S/C10H12N2O3/c1-6-3-4-11-5-8(6)9(13)12-7(2)10(14)15/h3-5,7H,1-2H3,(H,12,13)(H,14,15)/t7-/m1/s1. The lowest BCUT2D eigenvalue weighted by Crippen LogP contribution is -2.38. The molecule has 0 saturated heterocycles. The van der Waals surface area contributed by atoms with Gasteiger partial charge in [0, 0.05) is 12.4 Å². The van der Waals surface area contributed by atoms with Gasteiger partial charge in [-0.2, -0.15) is 0 Å². The highest BCUT2D eigenvalue weighted by Gasteiger charge is 2.16. The monoisotopic (exact) mass is 208 g/mol. The lowest BCUT2D eigenvalue weighted by atomic mass is 10.1. The minimum Gasteiger partial charge on any atom is -0.480 e. The Morgan fingerprint density at radius 2 is 2.20 bits per heavy atom. The minimum absolute atomic E-state index is 0.394. The molecule has 1 amide bonds. The van der Waals surface area contributed by atoms with E-state index in [9.17, 15) is 9.59 Å². The third kappa shape index (κ3) is 2.77. The normalized spacial score (nSPS) is 11.9. The predicted octanol–water partition coefficient (Wildman–Crippen LogP) is 0.593. The van der Waals surface area contributed by atoms with E-state index in [2.05, 4.69) is 10.3 Å². The molecule has 0 radical (unpaired) electrons. The summed E-state index contributed by atoms with van der Waals surface area (Å²) in [6, 6.07) is 0.789. The number of hydrogen-bond acceptors (Lipinski definition) is 3. The van der Waals surface area contributed by atoms with E-state index in [0.717, 1.165) is 5.56 Å². The van der Waals surface area contributed by atoms with Gasteiger partial charge in [0.2, 0.25) is 0 Å². The fourth-order valence-corrected chi connectivity index (χ4v) is 1.04. The molecule has 80 valence electrons. The second-order valence-corrected chi connectivity index (χ2v) is 3.22. The summed E-state index contributed by atoms with van der Waals surface area (Å²) in [4.78, 5) is 25.9. The summed E-state index contributed by atoms with van der Waals surface area (Å²) in [5.41, 5.74) is 1.16. The number of aryl methyl sites for hydroxylation is 1. The van der Waals surface area contributed by atoms with Gasteiger partial charge in [-0.05, 0) is 25.5 Å². The number of hydrogen-bond donors (Lipinski definition) is 2. The molecule has 0 saturated carbocycles. The van der Waals surface area contributed by atoms with Crippen LogP contribution in [0.1, 0.15) is 22.8 Å². The van der Waals surface area contributed by atoms with Crippen LogP contribution in [-0.2, 0) is 4.79 Å². The van der Waals surface area contributed by atoms with E-state index in [1.807, 2.05) is 0 Å². The first-order chi connectivity index (χ1) is 7.02. The van der Waals surface area contributed by atoms with Crippen molar-refractivity contribution in [1.29, 1.82) is 0 Å². The Morgan fingerprint density at radius 1 is 1.53 bits per heavy atom. The van der Waals surface area contributed by atoms with E-state index in [0.29, 0.717) is 5.56 Å². The first kappa shape index (κ1) is 11.2. The van der Waals surface area contributed by atoms with Gasteiger partial charge >= 0.3 is 5.97 Å². The molecule has 0 aliphatic heterocycles. The van der Waals surface area contributed by atoms with E-state index >= 15 is 0 Å². The van der Waals surface area contributed by atoms with Crippen molar-refractivity contribution in [2.45, 2.75) is 19.9 Å². The molecule has 5 heteroatoms. The van der Waals surface area contributed by atoms with E-state index in [1.165, 1.54) is 13.1 Å². The largest absolute Gasteiger partial charge is 0.480 e. The van der Waals surface area contributed by atoms with Crippen molar-refractivity contribution in [3.05, 3.63) is 29.6 Å². The number of carbonyl (C=O) groups is 2. The molecule has 1 aromatic rings. The summed E-state index contributed by atoms with van der Waals surface area (Å²) in [5, 5.41) is 11.0. The van der Waals surface area contributed by atoms with Crippen molar-refractivity contribution in [3.63, 3.8) is 0 Å². The second kappa shape index (κ2) is 4.54. The van der Waals surface area contributed by atoms with Gasteiger partial charge in [-0.3, -0.25) is 14.6 Å². The molecule has 0 bridgehead atoms. The number of amides is 1. The van der Waals surface area contributed by atoms with Crippen molar-refractivity contribution < 1.29 is 14.7 Å². The van der Waals surface area contributed by atoms with Crippen molar-refractivity contribution >= 4 is 11.9 Å². The molecular weight excluding hydrogens is 196 g/mol. The zero-order valence-corrected chi connectivity index (χ0v) is 8.52. The van der Waals surface area contributed by atoms with Crippen LogP contribution >= 0.6 is 0 Å². The molecule has 0 aromatic carbocycles.